The number of hydrogen-bond acceptors (Lipinski definition) is 5. The molecule has 1 aromatic rings. The number of aliphatic hydroxyl groups is 2. The third-order valence-electron chi connectivity index (χ3n) is 3.20. The van der Waals surface area contributed by atoms with E-state index in [1.54, 1.807) is 24.3 Å². The van der Waals surface area contributed by atoms with Gasteiger partial charge in [0.05, 0.1) is 12.7 Å². The number of ether oxygens (including phenoxy) is 2. The van der Waals surface area contributed by atoms with Gasteiger partial charge in [0.1, 0.15) is 18.5 Å². The highest BCUT2D eigenvalue weighted by Gasteiger charge is 2.23. The van der Waals surface area contributed by atoms with Gasteiger partial charge in [-0.15, -0.1) is 0 Å². The second-order valence-electron chi connectivity index (χ2n) is 4.87. The number of benzene rings is 1. The van der Waals surface area contributed by atoms with Crippen LogP contribution in [-0.4, -0.2) is 47.2 Å². The molecule has 1 rings (SSSR count). The van der Waals surface area contributed by atoms with Gasteiger partial charge < -0.3 is 24.8 Å². The number of aliphatic hydroxyl groups excluding tert-OH is 2. The molecule has 3 N–H and O–H groups in total. The van der Waals surface area contributed by atoms with E-state index in [1.165, 1.54) is 6.08 Å². The van der Waals surface area contributed by atoms with E-state index in [0.29, 0.717) is 30.8 Å². The van der Waals surface area contributed by atoms with Crippen LogP contribution >= 0.6 is 0 Å². The van der Waals surface area contributed by atoms with Crippen LogP contribution in [-0.2, 0) is 9.53 Å². The normalized spacial score (nSPS) is 13.9. The van der Waals surface area contributed by atoms with Gasteiger partial charge in [-0.2, -0.15) is 0 Å². The molecule has 0 unspecified atom stereocenters. The predicted octanol–water partition coefficient (Wildman–Crippen LogP) is 1.92. The molecule has 6 nitrogen and oxygen atoms in total. The Kier molecular flexibility index (Phi) is 8.97. The molecule has 23 heavy (non-hydrogen) atoms. The fourth-order valence-electron chi connectivity index (χ4n) is 2.20. The molecule has 6 heteroatoms. The molecule has 0 heterocycles. The molecule has 1 aromatic carbocycles. The fourth-order valence-corrected chi connectivity index (χ4v) is 2.20. The molecule has 128 valence electrons. The molecule has 0 aliphatic heterocycles. The molecule has 0 aromatic heterocycles. The largest absolute Gasteiger partial charge is 0.491 e. The van der Waals surface area contributed by atoms with Crippen LogP contribution in [0.3, 0.4) is 0 Å². The SMILES string of the molecule is CCO[C@@H](CC/C=C/C(=O)O)[C@@H](O)c1ccccc1OCCO. The summed E-state index contributed by atoms with van der Waals surface area (Å²) in [4.78, 5) is 10.5. The van der Waals surface area contributed by atoms with E-state index in [-0.39, 0.29) is 13.2 Å². The number of allylic oxidation sites excluding steroid dienone is 1. The van der Waals surface area contributed by atoms with E-state index in [4.69, 9.17) is 19.7 Å². The van der Waals surface area contributed by atoms with Crippen LogP contribution in [0.15, 0.2) is 36.4 Å². The van der Waals surface area contributed by atoms with Crippen LogP contribution in [0.4, 0.5) is 0 Å². The van der Waals surface area contributed by atoms with Gasteiger partial charge in [-0.1, -0.05) is 24.3 Å². The van der Waals surface area contributed by atoms with E-state index in [1.807, 2.05) is 6.92 Å². The summed E-state index contributed by atoms with van der Waals surface area (Å²) in [6.45, 7) is 2.30. The minimum absolute atomic E-state index is 0.112. The van der Waals surface area contributed by atoms with Crippen molar-refractivity contribution in [3.05, 3.63) is 42.0 Å². The summed E-state index contributed by atoms with van der Waals surface area (Å²) in [6.07, 6.45) is 2.20. The monoisotopic (exact) mass is 324 g/mol. The van der Waals surface area contributed by atoms with Crippen molar-refractivity contribution in [2.24, 2.45) is 0 Å². The van der Waals surface area contributed by atoms with Crippen molar-refractivity contribution < 1.29 is 29.6 Å². The van der Waals surface area contributed by atoms with Crippen LogP contribution in [0, 0.1) is 0 Å². The summed E-state index contributed by atoms with van der Waals surface area (Å²) in [5.74, 6) is -0.499. The van der Waals surface area contributed by atoms with E-state index < -0.39 is 18.2 Å². The second kappa shape index (κ2) is 10.8. The van der Waals surface area contributed by atoms with Crippen molar-refractivity contribution in [3.63, 3.8) is 0 Å². The van der Waals surface area contributed by atoms with Crippen LogP contribution < -0.4 is 4.74 Å². The molecule has 0 fully saturated rings. The first kappa shape index (κ1) is 19.2. The summed E-state index contributed by atoms with van der Waals surface area (Å²) < 4.78 is 11.0. The lowest BCUT2D eigenvalue weighted by Gasteiger charge is -2.24. The third-order valence-corrected chi connectivity index (χ3v) is 3.20. The van der Waals surface area contributed by atoms with Crippen molar-refractivity contribution in [1.82, 2.24) is 0 Å². The Hall–Kier alpha value is -1.89. The van der Waals surface area contributed by atoms with Gasteiger partial charge in [-0.05, 0) is 25.8 Å². The minimum atomic E-state index is -0.999. The molecule has 2 atom stereocenters. The maximum atomic E-state index is 10.6. The fraction of sp³-hybridized carbons (Fsp3) is 0.471. The van der Waals surface area contributed by atoms with E-state index in [9.17, 15) is 9.90 Å². The van der Waals surface area contributed by atoms with Gasteiger partial charge in [-0.3, -0.25) is 0 Å². The highest BCUT2D eigenvalue weighted by molar-refractivity contribution is 5.79. The van der Waals surface area contributed by atoms with Crippen molar-refractivity contribution >= 4 is 5.97 Å². The van der Waals surface area contributed by atoms with Gasteiger partial charge in [-0.25, -0.2) is 4.79 Å². The molecule has 0 spiro atoms. The molecule has 0 bridgehead atoms. The summed E-state index contributed by atoms with van der Waals surface area (Å²) in [6, 6.07) is 7.05. The average Bonchev–Trinajstić information content (AvgIpc) is 2.55. The van der Waals surface area contributed by atoms with Crippen LogP contribution in [0.5, 0.6) is 5.75 Å². The van der Waals surface area contributed by atoms with Gasteiger partial charge >= 0.3 is 5.97 Å². The van der Waals surface area contributed by atoms with E-state index in [2.05, 4.69) is 0 Å². The van der Waals surface area contributed by atoms with Crippen LogP contribution in [0.1, 0.15) is 31.4 Å². The minimum Gasteiger partial charge on any atom is -0.491 e. The lowest BCUT2D eigenvalue weighted by Crippen LogP contribution is -2.23. The molecular weight excluding hydrogens is 300 g/mol. The van der Waals surface area contributed by atoms with E-state index >= 15 is 0 Å². The Bertz CT molecular complexity index is 500. The van der Waals surface area contributed by atoms with Crippen LogP contribution in [0.2, 0.25) is 0 Å². The first-order chi connectivity index (χ1) is 11.1. The van der Waals surface area contributed by atoms with Gasteiger partial charge in [0.15, 0.2) is 0 Å². The summed E-state index contributed by atoms with van der Waals surface area (Å²) >= 11 is 0. The standard InChI is InChI=1S/C17H24O6/c1-2-22-15(9-5-6-10-16(19)20)17(21)13-7-3-4-8-14(13)23-12-11-18/h3-4,6-8,10,15,17-18,21H,2,5,9,11-12H2,1H3,(H,19,20)/b10-6+/t15-,17-/m0/s1. The molecule has 0 radical (unpaired) electrons. The lowest BCUT2D eigenvalue weighted by molar-refractivity contribution is -0.131. The third kappa shape index (κ3) is 6.81. The highest BCUT2D eigenvalue weighted by Crippen LogP contribution is 2.30. The summed E-state index contributed by atoms with van der Waals surface area (Å²) in [7, 11) is 0. The molecule has 0 amide bonds. The predicted molar refractivity (Wildman–Crippen MR) is 85.4 cm³/mol. The van der Waals surface area contributed by atoms with Gasteiger partial charge in [0.2, 0.25) is 0 Å². The van der Waals surface area contributed by atoms with Crippen LogP contribution in [0.25, 0.3) is 0 Å². The quantitative estimate of drug-likeness (QED) is 0.538. The van der Waals surface area contributed by atoms with Gasteiger partial charge in [0.25, 0.3) is 0 Å². The number of hydrogen-bond donors (Lipinski definition) is 3. The zero-order valence-electron chi connectivity index (χ0n) is 13.2. The van der Waals surface area contributed by atoms with Crippen molar-refractivity contribution in [3.8, 4) is 5.75 Å². The van der Waals surface area contributed by atoms with E-state index in [0.717, 1.165) is 6.08 Å². The zero-order chi connectivity index (χ0) is 17.1. The topological polar surface area (TPSA) is 96.2 Å². The lowest BCUT2D eigenvalue weighted by atomic mass is 9.99. The number of carboxylic acid groups (broad SMARTS) is 1. The highest BCUT2D eigenvalue weighted by atomic mass is 16.5. The molecule has 0 saturated carbocycles. The number of rotatable bonds is 11. The molecular formula is C17H24O6. The number of para-hydroxylation sites is 1. The molecule has 0 aliphatic carbocycles. The smallest absolute Gasteiger partial charge is 0.327 e. The molecule has 0 saturated heterocycles. The number of aliphatic carboxylic acids is 1. The number of carbonyl (C=O) groups is 1. The Labute approximate surface area is 136 Å². The Balaban J connectivity index is 2.79. The summed E-state index contributed by atoms with van der Waals surface area (Å²) in [5, 5.41) is 28.0. The maximum absolute atomic E-state index is 10.6. The van der Waals surface area contributed by atoms with Crippen molar-refractivity contribution in [2.75, 3.05) is 19.8 Å². The Morgan fingerprint density at radius 1 is 1.35 bits per heavy atom. The van der Waals surface area contributed by atoms with Crippen molar-refractivity contribution in [2.45, 2.75) is 32.0 Å². The number of carboxylic acids is 1. The maximum Gasteiger partial charge on any atom is 0.327 e. The first-order valence-electron chi connectivity index (χ1n) is 7.61. The van der Waals surface area contributed by atoms with Gasteiger partial charge in [0, 0.05) is 18.2 Å². The average molecular weight is 324 g/mol. The molecule has 0 aliphatic rings. The zero-order valence-corrected chi connectivity index (χ0v) is 13.2. The second-order valence-corrected chi connectivity index (χ2v) is 4.87. The summed E-state index contributed by atoms with van der Waals surface area (Å²) in [5.41, 5.74) is 0.585. The first-order valence-corrected chi connectivity index (χ1v) is 7.61. The van der Waals surface area contributed by atoms with Crippen molar-refractivity contribution in [1.29, 1.82) is 0 Å². The Morgan fingerprint density at radius 2 is 2.09 bits per heavy atom. The Morgan fingerprint density at radius 3 is 2.74 bits per heavy atom.